The summed E-state index contributed by atoms with van der Waals surface area (Å²) in [5, 5.41) is 0. The van der Waals surface area contributed by atoms with Gasteiger partial charge in [-0.1, -0.05) is 13.8 Å². The number of aromatic nitrogens is 1. The molecule has 0 saturated heterocycles. The van der Waals surface area contributed by atoms with Crippen LogP contribution < -0.4 is 4.74 Å². The van der Waals surface area contributed by atoms with Crippen LogP contribution in [0.1, 0.15) is 43.1 Å². The van der Waals surface area contributed by atoms with Crippen LogP contribution in [0.2, 0.25) is 0 Å². The van der Waals surface area contributed by atoms with E-state index in [-0.39, 0.29) is 5.89 Å². The molecule has 0 spiro atoms. The van der Waals surface area contributed by atoms with Gasteiger partial charge in [0.1, 0.15) is 5.69 Å². The van der Waals surface area contributed by atoms with Crippen LogP contribution in [-0.4, -0.2) is 24.2 Å². The van der Waals surface area contributed by atoms with Gasteiger partial charge in [-0.2, -0.15) is 0 Å². The minimum atomic E-state index is -0.545. The first-order valence-electron chi connectivity index (χ1n) is 5.46. The van der Waals surface area contributed by atoms with Gasteiger partial charge < -0.3 is 13.9 Å². The van der Waals surface area contributed by atoms with Gasteiger partial charge in [0.2, 0.25) is 0 Å². The van der Waals surface area contributed by atoms with Crippen molar-refractivity contribution in [3.63, 3.8) is 0 Å². The van der Waals surface area contributed by atoms with Gasteiger partial charge in [-0.3, -0.25) is 0 Å². The molecule has 16 heavy (non-hydrogen) atoms. The maximum absolute atomic E-state index is 11.4. The normalized spacial score (nSPS) is 10.2. The molecule has 0 radical (unpaired) electrons. The van der Waals surface area contributed by atoms with Crippen molar-refractivity contribution in [2.45, 2.75) is 33.6 Å². The van der Waals surface area contributed by atoms with Crippen LogP contribution in [0.4, 0.5) is 0 Å². The number of aryl methyl sites for hydroxylation is 1. The summed E-state index contributed by atoms with van der Waals surface area (Å²) in [6.07, 6.45) is 1.64. The van der Waals surface area contributed by atoms with Crippen LogP contribution in [0.25, 0.3) is 0 Å². The van der Waals surface area contributed by atoms with Crippen LogP contribution in [0, 0.1) is 6.92 Å². The van der Waals surface area contributed by atoms with Crippen LogP contribution in [-0.2, 0) is 4.74 Å². The average Bonchev–Trinajstić information content (AvgIpc) is 2.65. The topological polar surface area (TPSA) is 61.6 Å². The zero-order valence-electron chi connectivity index (χ0n) is 9.91. The Morgan fingerprint density at radius 2 is 2.00 bits per heavy atom. The van der Waals surface area contributed by atoms with Crippen LogP contribution in [0.3, 0.4) is 0 Å². The first-order chi connectivity index (χ1) is 7.69. The van der Waals surface area contributed by atoms with Gasteiger partial charge in [0.15, 0.2) is 0 Å². The molecule has 0 unspecified atom stereocenters. The van der Waals surface area contributed by atoms with E-state index in [1.54, 1.807) is 6.92 Å². The zero-order valence-corrected chi connectivity index (χ0v) is 9.91. The lowest BCUT2D eigenvalue weighted by Crippen LogP contribution is -2.06. The summed E-state index contributed by atoms with van der Waals surface area (Å²) >= 11 is 0. The van der Waals surface area contributed by atoms with E-state index in [4.69, 9.17) is 13.9 Å². The lowest BCUT2D eigenvalue weighted by Gasteiger charge is -1.99. The second-order valence-corrected chi connectivity index (χ2v) is 3.38. The minimum Gasteiger partial charge on any atom is -0.464 e. The summed E-state index contributed by atoms with van der Waals surface area (Å²) in [4.78, 5) is 15.4. The number of ether oxygens (including phenoxy) is 2. The molecule has 0 aliphatic heterocycles. The molecule has 0 atom stereocenters. The van der Waals surface area contributed by atoms with E-state index in [2.05, 4.69) is 4.98 Å². The highest BCUT2D eigenvalue weighted by Gasteiger charge is 2.18. The Balaban J connectivity index is 2.64. The smallest absolute Gasteiger partial charge is 0.394 e. The van der Waals surface area contributed by atoms with Crippen molar-refractivity contribution in [2.24, 2.45) is 0 Å². The van der Waals surface area contributed by atoms with Gasteiger partial charge in [-0.05, 0) is 19.8 Å². The highest BCUT2D eigenvalue weighted by molar-refractivity contribution is 5.84. The summed E-state index contributed by atoms with van der Waals surface area (Å²) in [6, 6.07) is 0. The highest BCUT2D eigenvalue weighted by atomic mass is 16.6. The van der Waals surface area contributed by atoms with Crippen molar-refractivity contribution in [1.29, 1.82) is 0 Å². The Labute approximate surface area is 94.8 Å². The van der Waals surface area contributed by atoms with Gasteiger partial charge in [-0.25, -0.2) is 9.78 Å². The zero-order chi connectivity index (χ0) is 12.0. The van der Waals surface area contributed by atoms with Gasteiger partial charge >= 0.3 is 17.8 Å². The molecule has 5 heteroatoms. The molecule has 0 saturated carbocycles. The number of rotatable bonds is 6. The number of oxazole rings is 1. The quantitative estimate of drug-likeness (QED) is 0.698. The van der Waals surface area contributed by atoms with Gasteiger partial charge in [0.05, 0.1) is 13.2 Å². The molecule has 0 bridgehead atoms. The van der Waals surface area contributed by atoms with Crippen molar-refractivity contribution < 1.29 is 18.7 Å². The van der Waals surface area contributed by atoms with Crippen molar-refractivity contribution in [3.05, 3.63) is 11.6 Å². The predicted molar refractivity (Wildman–Crippen MR) is 57.6 cm³/mol. The molecule has 0 aromatic carbocycles. The molecule has 1 aromatic rings. The second kappa shape index (κ2) is 6.15. The lowest BCUT2D eigenvalue weighted by molar-refractivity contribution is 0.0451. The third-order valence-corrected chi connectivity index (χ3v) is 1.80. The Morgan fingerprint density at radius 1 is 1.31 bits per heavy atom. The van der Waals surface area contributed by atoms with Gasteiger partial charge in [0.25, 0.3) is 0 Å². The largest absolute Gasteiger partial charge is 0.464 e. The molecule has 0 N–H and O–H groups in total. The number of hydrogen-bond acceptors (Lipinski definition) is 5. The maximum atomic E-state index is 11.4. The molecule has 1 rings (SSSR count). The van der Waals surface area contributed by atoms with Gasteiger partial charge in [-0.15, -0.1) is 0 Å². The van der Waals surface area contributed by atoms with Crippen molar-refractivity contribution in [1.82, 2.24) is 4.98 Å². The second-order valence-electron chi connectivity index (χ2n) is 3.38. The molecule has 90 valence electrons. The highest BCUT2D eigenvalue weighted by Crippen LogP contribution is 2.19. The minimum absolute atomic E-state index is 0.0444. The number of carbonyl (C=O) groups excluding carboxylic acids is 1. The standard InChI is InChI=1S/C11H17NO4/c1-4-6-14-10(13)9-12-8(3)11(16-9)15-7-5-2/h4-7H2,1-3H3. The van der Waals surface area contributed by atoms with E-state index >= 15 is 0 Å². The average molecular weight is 227 g/mol. The Morgan fingerprint density at radius 3 is 2.62 bits per heavy atom. The van der Waals surface area contributed by atoms with Crippen molar-refractivity contribution >= 4 is 5.97 Å². The molecule has 0 aliphatic rings. The predicted octanol–water partition coefficient (Wildman–Crippen LogP) is 2.34. The fraction of sp³-hybridized carbons (Fsp3) is 0.636. The third kappa shape index (κ3) is 3.25. The summed E-state index contributed by atoms with van der Waals surface area (Å²) in [7, 11) is 0. The third-order valence-electron chi connectivity index (χ3n) is 1.80. The van der Waals surface area contributed by atoms with Gasteiger partial charge in [0, 0.05) is 0 Å². The molecule has 0 fully saturated rings. The lowest BCUT2D eigenvalue weighted by atomic mass is 10.5. The van der Waals surface area contributed by atoms with Crippen LogP contribution >= 0.6 is 0 Å². The molecule has 0 amide bonds. The van der Waals surface area contributed by atoms with Crippen LogP contribution in [0.5, 0.6) is 5.95 Å². The molecule has 0 aliphatic carbocycles. The Kier molecular flexibility index (Phi) is 4.82. The first-order valence-corrected chi connectivity index (χ1v) is 5.46. The molecular formula is C11H17NO4. The monoisotopic (exact) mass is 227 g/mol. The number of nitrogens with zero attached hydrogens (tertiary/aromatic N) is 1. The Hall–Kier alpha value is -1.52. The first kappa shape index (κ1) is 12.5. The summed E-state index contributed by atoms with van der Waals surface area (Å²) in [6.45, 7) is 6.54. The SMILES string of the molecule is CCCOC(=O)c1nc(C)c(OCCC)o1. The van der Waals surface area contributed by atoms with Crippen LogP contribution in [0.15, 0.2) is 4.42 Å². The Bertz CT molecular complexity index is 346. The molecule has 1 aromatic heterocycles. The van der Waals surface area contributed by atoms with Crippen molar-refractivity contribution in [3.8, 4) is 5.95 Å². The summed E-state index contributed by atoms with van der Waals surface area (Å²) in [5.74, 6) is -0.293. The number of carbonyl (C=O) groups is 1. The summed E-state index contributed by atoms with van der Waals surface area (Å²) in [5.41, 5.74) is 0.567. The summed E-state index contributed by atoms with van der Waals surface area (Å²) < 4.78 is 15.4. The van der Waals surface area contributed by atoms with E-state index in [9.17, 15) is 4.79 Å². The number of esters is 1. The molecule has 5 nitrogen and oxygen atoms in total. The fourth-order valence-electron chi connectivity index (χ4n) is 1.05. The van der Waals surface area contributed by atoms with E-state index < -0.39 is 5.97 Å². The molecular weight excluding hydrogens is 210 g/mol. The van der Waals surface area contributed by atoms with E-state index in [0.717, 1.165) is 12.8 Å². The maximum Gasteiger partial charge on any atom is 0.394 e. The van der Waals surface area contributed by atoms with E-state index in [0.29, 0.717) is 24.9 Å². The van der Waals surface area contributed by atoms with E-state index in [1.807, 2.05) is 13.8 Å². The fourth-order valence-corrected chi connectivity index (χ4v) is 1.05. The van der Waals surface area contributed by atoms with Crippen molar-refractivity contribution in [2.75, 3.05) is 13.2 Å². The van der Waals surface area contributed by atoms with E-state index in [1.165, 1.54) is 0 Å². The number of hydrogen-bond donors (Lipinski definition) is 0. The molecule has 1 heterocycles.